The standard InChI is InChI=1S/C11H12BrN3O/c12-8-3-5-9(6-4-8)14-11(16)15-10-2-1-7-13-10/h3-6H,1-2,7H2,(H2,13,14,15,16). The number of amides is 2. The van der Waals surface area contributed by atoms with Crippen molar-refractivity contribution in [2.24, 2.45) is 4.99 Å². The highest BCUT2D eigenvalue weighted by atomic mass is 79.9. The second kappa shape index (κ2) is 5.12. The van der Waals surface area contributed by atoms with Gasteiger partial charge in [-0.05, 0) is 30.7 Å². The van der Waals surface area contributed by atoms with E-state index in [0.29, 0.717) is 0 Å². The van der Waals surface area contributed by atoms with Gasteiger partial charge in [-0.2, -0.15) is 0 Å². The molecular weight excluding hydrogens is 270 g/mol. The van der Waals surface area contributed by atoms with Crippen molar-refractivity contribution in [3.8, 4) is 0 Å². The lowest BCUT2D eigenvalue weighted by Gasteiger charge is -2.06. The largest absolute Gasteiger partial charge is 0.324 e. The average Bonchev–Trinajstić information content (AvgIpc) is 2.74. The van der Waals surface area contributed by atoms with Gasteiger partial charge in [0.2, 0.25) is 0 Å². The van der Waals surface area contributed by atoms with Gasteiger partial charge in [0.1, 0.15) is 5.84 Å². The molecule has 0 unspecified atom stereocenters. The van der Waals surface area contributed by atoms with Crippen LogP contribution in [0.5, 0.6) is 0 Å². The summed E-state index contributed by atoms with van der Waals surface area (Å²) in [5, 5.41) is 5.47. The highest BCUT2D eigenvalue weighted by Crippen LogP contribution is 2.13. The van der Waals surface area contributed by atoms with Crippen LogP contribution in [-0.2, 0) is 0 Å². The molecular formula is C11H12BrN3O. The summed E-state index contributed by atoms with van der Waals surface area (Å²) in [6.07, 6.45) is 1.88. The van der Waals surface area contributed by atoms with Crippen LogP contribution in [0.2, 0.25) is 0 Å². The first-order chi connectivity index (χ1) is 7.74. The van der Waals surface area contributed by atoms with E-state index in [2.05, 4.69) is 31.6 Å². The van der Waals surface area contributed by atoms with Crippen molar-refractivity contribution < 1.29 is 4.79 Å². The van der Waals surface area contributed by atoms with Gasteiger partial charge in [-0.3, -0.25) is 10.3 Å². The molecule has 1 aromatic carbocycles. The van der Waals surface area contributed by atoms with Crippen molar-refractivity contribution in [2.45, 2.75) is 12.8 Å². The molecule has 0 bridgehead atoms. The first-order valence-corrected chi connectivity index (χ1v) is 5.90. The first kappa shape index (κ1) is 11.1. The summed E-state index contributed by atoms with van der Waals surface area (Å²) in [6, 6.07) is 7.19. The lowest BCUT2D eigenvalue weighted by atomic mass is 10.3. The van der Waals surface area contributed by atoms with Crippen LogP contribution in [0.25, 0.3) is 0 Å². The minimum Gasteiger partial charge on any atom is -0.308 e. The third-order valence-electron chi connectivity index (χ3n) is 2.23. The highest BCUT2D eigenvalue weighted by molar-refractivity contribution is 9.10. The molecule has 4 nitrogen and oxygen atoms in total. The molecule has 0 aromatic heterocycles. The van der Waals surface area contributed by atoms with Gasteiger partial charge < -0.3 is 5.32 Å². The Bertz CT molecular complexity index is 414. The summed E-state index contributed by atoms with van der Waals surface area (Å²) >= 11 is 3.34. The molecule has 0 spiro atoms. The van der Waals surface area contributed by atoms with E-state index in [-0.39, 0.29) is 6.03 Å². The third kappa shape index (κ3) is 3.06. The first-order valence-electron chi connectivity index (χ1n) is 5.11. The lowest BCUT2D eigenvalue weighted by molar-refractivity contribution is 0.256. The lowest BCUT2D eigenvalue weighted by Crippen LogP contribution is -2.33. The average molecular weight is 282 g/mol. The minimum atomic E-state index is -0.233. The maximum absolute atomic E-state index is 11.5. The van der Waals surface area contributed by atoms with E-state index in [1.54, 1.807) is 0 Å². The second-order valence-electron chi connectivity index (χ2n) is 3.52. The Morgan fingerprint density at radius 3 is 2.62 bits per heavy atom. The monoisotopic (exact) mass is 281 g/mol. The molecule has 16 heavy (non-hydrogen) atoms. The fraction of sp³-hybridized carbons (Fsp3) is 0.273. The number of benzene rings is 1. The van der Waals surface area contributed by atoms with E-state index in [9.17, 15) is 4.79 Å². The van der Waals surface area contributed by atoms with E-state index in [0.717, 1.165) is 35.4 Å². The zero-order chi connectivity index (χ0) is 11.4. The van der Waals surface area contributed by atoms with Gasteiger partial charge in [0, 0.05) is 23.1 Å². The van der Waals surface area contributed by atoms with E-state index < -0.39 is 0 Å². The Labute approximate surface area is 102 Å². The summed E-state index contributed by atoms with van der Waals surface area (Å²) in [7, 11) is 0. The molecule has 2 N–H and O–H groups in total. The van der Waals surface area contributed by atoms with Crippen molar-refractivity contribution in [3.05, 3.63) is 28.7 Å². The molecule has 1 heterocycles. The molecule has 2 rings (SSSR count). The topological polar surface area (TPSA) is 53.5 Å². The van der Waals surface area contributed by atoms with Crippen molar-refractivity contribution in [3.63, 3.8) is 0 Å². The van der Waals surface area contributed by atoms with Crippen molar-refractivity contribution in [1.29, 1.82) is 0 Å². The zero-order valence-corrected chi connectivity index (χ0v) is 10.3. The van der Waals surface area contributed by atoms with Crippen LogP contribution in [-0.4, -0.2) is 18.4 Å². The molecule has 5 heteroatoms. The van der Waals surface area contributed by atoms with Gasteiger partial charge in [-0.15, -0.1) is 0 Å². The van der Waals surface area contributed by atoms with E-state index in [1.165, 1.54) is 0 Å². The number of nitrogens with zero attached hydrogens (tertiary/aromatic N) is 1. The number of carbonyl (C=O) groups excluding carboxylic acids is 1. The highest BCUT2D eigenvalue weighted by Gasteiger charge is 2.09. The quantitative estimate of drug-likeness (QED) is 0.817. The number of nitrogens with one attached hydrogen (secondary N) is 2. The van der Waals surface area contributed by atoms with Gasteiger partial charge in [-0.25, -0.2) is 4.79 Å². The van der Waals surface area contributed by atoms with Gasteiger partial charge in [0.05, 0.1) is 0 Å². The number of urea groups is 1. The summed E-state index contributed by atoms with van der Waals surface area (Å²) in [4.78, 5) is 15.7. The molecule has 0 saturated carbocycles. The zero-order valence-electron chi connectivity index (χ0n) is 8.66. The molecule has 0 atom stereocenters. The number of carbonyl (C=O) groups is 1. The number of anilines is 1. The number of aliphatic imine (C=N–C) groups is 1. The molecule has 0 fully saturated rings. The Morgan fingerprint density at radius 1 is 1.25 bits per heavy atom. The number of rotatable bonds is 1. The van der Waals surface area contributed by atoms with Crippen molar-refractivity contribution in [1.82, 2.24) is 5.32 Å². The smallest absolute Gasteiger partial charge is 0.308 e. The van der Waals surface area contributed by atoms with Crippen molar-refractivity contribution >= 4 is 33.5 Å². The molecule has 1 aliphatic heterocycles. The second-order valence-corrected chi connectivity index (χ2v) is 4.43. The van der Waals surface area contributed by atoms with Gasteiger partial charge in [-0.1, -0.05) is 15.9 Å². The molecule has 1 aromatic rings. The predicted molar refractivity (Wildman–Crippen MR) is 67.8 cm³/mol. The van der Waals surface area contributed by atoms with Crippen LogP contribution in [0.1, 0.15) is 12.8 Å². The van der Waals surface area contributed by atoms with Gasteiger partial charge in [0.25, 0.3) is 0 Å². The SMILES string of the molecule is O=C(NC1=NCCC1)Nc1ccc(Br)cc1. The van der Waals surface area contributed by atoms with Crippen LogP contribution in [0.15, 0.2) is 33.7 Å². The normalized spacial score (nSPS) is 14.4. The number of amidine groups is 1. The molecule has 0 aliphatic carbocycles. The number of halogens is 1. The van der Waals surface area contributed by atoms with E-state index in [4.69, 9.17) is 0 Å². The Morgan fingerprint density at radius 2 is 2.00 bits per heavy atom. The van der Waals surface area contributed by atoms with Crippen molar-refractivity contribution in [2.75, 3.05) is 11.9 Å². The molecule has 84 valence electrons. The molecule has 1 aliphatic rings. The third-order valence-corrected chi connectivity index (χ3v) is 2.76. The maximum Gasteiger partial charge on any atom is 0.324 e. The fourth-order valence-corrected chi connectivity index (χ4v) is 1.73. The Hall–Kier alpha value is -1.36. The summed E-state index contributed by atoms with van der Waals surface area (Å²) in [6.45, 7) is 0.813. The molecule has 2 amide bonds. The minimum absolute atomic E-state index is 0.233. The summed E-state index contributed by atoms with van der Waals surface area (Å²) in [5.74, 6) is 0.773. The molecule has 0 radical (unpaired) electrons. The Balaban J connectivity index is 1.89. The van der Waals surface area contributed by atoms with Crippen LogP contribution in [0.3, 0.4) is 0 Å². The van der Waals surface area contributed by atoms with Gasteiger partial charge in [0.15, 0.2) is 0 Å². The van der Waals surface area contributed by atoms with Crippen LogP contribution in [0, 0.1) is 0 Å². The Kier molecular flexibility index (Phi) is 3.56. The number of hydrogen-bond donors (Lipinski definition) is 2. The molecule has 0 saturated heterocycles. The van der Waals surface area contributed by atoms with Crippen LogP contribution < -0.4 is 10.6 Å². The van der Waals surface area contributed by atoms with Crippen LogP contribution in [0.4, 0.5) is 10.5 Å². The van der Waals surface area contributed by atoms with E-state index in [1.807, 2.05) is 24.3 Å². The summed E-state index contributed by atoms with van der Waals surface area (Å²) in [5.41, 5.74) is 0.763. The fourth-order valence-electron chi connectivity index (χ4n) is 1.47. The maximum atomic E-state index is 11.5. The van der Waals surface area contributed by atoms with E-state index >= 15 is 0 Å². The predicted octanol–water partition coefficient (Wildman–Crippen LogP) is 2.76. The van der Waals surface area contributed by atoms with Gasteiger partial charge >= 0.3 is 6.03 Å². The van der Waals surface area contributed by atoms with Crippen LogP contribution >= 0.6 is 15.9 Å². The summed E-state index contributed by atoms with van der Waals surface area (Å²) < 4.78 is 0.985. The number of hydrogen-bond acceptors (Lipinski definition) is 2.